The summed E-state index contributed by atoms with van der Waals surface area (Å²) < 4.78 is 0. The van der Waals surface area contributed by atoms with E-state index in [4.69, 9.17) is 0 Å². The minimum absolute atomic E-state index is 0.994. The van der Waals surface area contributed by atoms with Crippen molar-refractivity contribution >= 4 is 9.24 Å². The molecule has 0 aromatic heterocycles. The van der Waals surface area contributed by atoms with Gasteiger partial charge in [-0.15, -0.1) is 0 Å². The Bertz CT molecular complexity index is 356. The third-order valence-corrected chi connectivity index (χ3v) is 9.75. The first-order chi connectivity index (χ1) is 18.8. The second-order valence-corrected chi connectivity index (χ2v) is 14.2. The van der Waals surface area contributed by atoms with Crippen molar-refractivity contribution in [1.82, 2.24) is 0 Å². The second kappa shape index (κ2) is 35.5. The Morgan fingerprint density at radius 2 is 0.421 bits per heavy atom. The van der Waals surface area contributed by atoms with Crippen LogP contribution >= 0.6 is 9.24 Å². The van der Waals surface area contributed by atoms with Crippen LogP contribution in [-0.2, 0) is 0 Å². The zero-order valence-corrected chi connectivity index (χ0v) is 28.7. The van der Waals surface area contributed by atoms with Crippen molar-refractivity contribution < 1.29 is 0 Å². The van der Waals surface area contributed by atoms with Crippen LogP contribution in [0.1, 0.15) is 232 Å². The van der Waals surface area contributed by atoms with Crippen LogP contribution in [0.2, 0.25) is 0 Å². The van der Waals surface area contributed by atoms with Gasteiger partial charge in [0.05, 0.1) is 5.66 Å². The quantitative estimate of drug-likeness (QED) is 0.0549. The molecule has 230 valence electrons. The Kier molecular flexibility index (Phi) is 35.9. The first-order valence-corrected chi connectivity index (χ1v) is 19.5. The van der Waals surface area contributed by atoms with Crippen molar-refractivity contribution in [3.8, 4) is 0 Å². The van der Waals surface area contributed by atoms with Crippen molar-refractivity contribution in [3.63, 3.8) is 0 Å². The smallest absolute Gasteiger partial charge is 0.0630 e. The van der Waals surface area contributed by atoms with Crippen LogP contribution in [0.4, 0.5) is 0 Å². The summed E-state index contributed by atoms with van der Waals surface area (Å²) in [6, 6.07) is 0. The second-order valence-electron chi connectivity index (χ2n) is 13.0. The Hall–Kier alpha value is 0.430. The van der Waals surface area contributed by atoms with Gasteiger partial charge in [0, 0.05) is 0 Å². The molecule has 0 saturated heterocycles. The van der Waals surface area contributed by atoms with E-state index in [1.807, 2.05) is 0 Å². The number of rotatable bonds is 34. The van der Waals surface area contributed by atoms with Gasteiger partial charge in [-0.05, 0) is 34.9 Å². The van der Waals surface area contributed by atoms with E-state index in [2.05, 4.69) is 23.1 Å². The van der Waals surface area contributed by atoms with Gasteiger partial charge in [0.2, 0.25) is 0 Å². The van der Waals surface area contributed by atoms with Gasteiger partial charge in [-0.1, -0.05) is 206 Å². The maximum absolute atomic E-state index is 2.31. The fourth-order valence-electron chi connectivity index (χ4n) is 6.11. The predicted molar refractivity (Wildman–Crippen MR) is 183 cm³/mol. The molecule has 0 fully saturated rings. The molecule has 0 radical (unpaired) electrons. The molecule has 1 atom stereocenters. The van der Waals surface area contributed by atoms with E-state index < -0.39 is 0 Å². The molecule has 0 rings (SSSR count). The minimum atomic E-state index is 0.994. The summed E-state index contributed by atoms with van der Waals surface area (Å²) in [5.41, 5.74) is 0.994. The Morgan fingerprint density at radius 3 is 0.605 bits per heavy atom. The van der Waals surface area contributed by atoms with Gasteiger partial charge in [0.1, 0.15) is 0 Å². The molecule has 1 unspecified atom stereocenters. The zero-order valence-electron chi connectivity index (χ0n) is 27.3. The lowest BCUT2D eigenvalue weighted by Gasteiger charge is -2.08. The number of hydrogen-bond donors (Lipinski definition) is 0. The highest BCUT2D eigenvalue weighted by Gasteiger charge is 2.06. The summed E-state index contributed by atoms with van der Waals surface area (Å²) in [4.78, 5) is 0. The maximum Gasteiger partial charge on any atom is 0.0630 e. The van der Waals surface area contributed by atoms with E-state index >= 15 is 0 Å². The van der Waals surface area contributed by atoms with Crippen LogP contribution in [0.5, 0.6) is 0 Å². The van der Waals surface area contributed by atoms with Gasteiger partial charge in [-0.25, -0.2) is 0 Å². The van der Waals surface area contributed by atoms with Gasteiger partial charge in [-0.3, -0.25) is 0 Å². The van der Waals surface area contributed by atoms with Crippen LogP contribution in [0.15, 0.2) is 0 Å². The van der Waals surface area contributed by atoms with Gasteiger partial charge in [0.15, 0.2) is 0 Å². The highest BCUT2D eigenvalue weighted by atomic mass is 31.0. The molecule has 0 amide bonds. The van der Waals surface area contributed by atoms with E-state index in [9.17, 15) is 0 Å². The third kappa shape index (κ3) is 34.5. The first-order valence-electron chi connectivity index (χ1n) is 18.6. The summed E-state index contributed by atoms with van der Waals surface area (Å²) in [6.07, 6.45) is 50.3. The maximum atomic E-state index is 2.31. The van der Waals surface area contributed by atoms with Gasteiger partial charge in [-0.2, -0.15) is 0 Å². The number of hydrogen-bond acceptors (Lipinski definition) is 0. The van der Waals surface area contributed by atoms with E-state index in [1.165, 1.54) is 218 Å². The lowest BCUT2D eigenvalue weighted by atomic mass is 10.0. The predicted octanol–water partition coefficient (Wildman–Crippen LogP) is 14.3. The lowest BCUT2D eigenvalue weighted by Crippen LogP contribution is -1.97. The molecule has 0 spiro atoms. The Balaban J connectivity index is 3.13. The fourth-order valence-corrected chi connectivity index (χ4v) is 6.68. The van der Waals surface area contributed by atoms with E-state index in [0.29, 0.717) is 0 Å². The molecule has 0 nitrogen and oxygen atoms in total. The Morgan fingerprint density at radius 1 is 0.263 bits per heavy atom. The molecular weight excluding hydrogens is 475 g/mol. The van der Waals surface area contributed by atoms with Crippen molar-refractivity contribution in [2.24, 2.45) is 0 Å². The summed E-state index contributed by atoms with van der Waals surface area (Å²) in [7, 11) is 2.29. The monoisotopic (exact) mass is 554 g/mol. The molecule has 0 aliphatic rings. The minimum Gasteiger partial charge on any atom is -0.0654 e. The van der Waals surface area contributed by atoms with Gasteiger partial charge in [0.25, 0.3) is 0 Å². The summed E-state index contributed by atoms with van der Waals surface area (Å²) in [5, 5.41) is 0. The average Bonchev–Trinajstić information content (AvgIpc) is 2.92. The molecule has 0 aromatic carbocycles. The van der Waals surface area contributed by atoms with Crippen molar-refractivity contribution in [2.75, 3.05) is 0 Å². The van der Waals surface area contributed by atoms with Gasteiger partial charge >= 0.3 is 0 Å². The van der Waals surface area contributed by atoms with E-state index in [0.717, 1.165) is 5.66 Å². The molecule has 0 saturated carbocycles. The van der Waals surface area contributed by atoms with E-state index in [1.54, 1.807) is 0 Å². The van der Waals surface area contributed by atoms with Gasteiger partial charge < -0.3 is 0 Å². The normalized spacial score (nSPS) is 11.8. The van der Waals surface area contributed by atoms with Crippen LogP contribution in [-0.4, -0.2) is 5.66 Å². The number of unbranched alkanes of at least 4 members (excludes halogenated alkanes) is 30. The molecule has 0 aromatic rings. The summed E-state index contributed by atoms with van der Waals surface area (Å²) >= 11 is 0. The summed E-state index contributed by atoms with van der Waals surface area (Å²) in [6.45, 7) is 4.62. The molecule has 0 N–H and O–H groups in total. The molecule has 0 heterocycles. The molecular formula is C37H78P+. The topological polar surface area (TPSA) is 0 Å². The fraction of sp³-hybridized carbons (Fsp3) is 1.00. The average molecular weight is 554 g/mol. The van der Waals surface area contributed by atoms with Crippen LogP contribution in [0, 0.1) is 0 Å². The first kappa shape index (κ1) is 38.4. The standard InChI is InChI=1S/C37H77P/c1-3-5-7-9-11-13-15-17-19-21-23-25-27-29-31-33-35-37(38)36-34-32-30-28-26-24-22-20-18-16-14-12-10-8-6-4-2/h37H,3-36,38H2,1-2H3/p+1. The molecule has 38 heavy (non-hydrogen) atoms. The molecule has 0 aliphatic heterocycles. The SMILES string of the molecule is CCCCCCCCCCCCCCCCCCC([PH3+])CCCCCCCCCCCCCCCCCC. The van der Waals surface area contributed by atoms with Crippen LogP contribution in [0.25, 0.3) is 0 Å². The molecule has 1 heteroatoms. The van der Waals surface area contributed by atoms with Crippen LogP contribution in [0.3, 0.4) is 0 Å². The zero-order chi connectivity index (χ0) is 27.6. The highest BCUT2D eigenvalue weighted by Crippen LogP contribution is 2.20. The Labute approximate surface area is 246 Å². The van der Waals surface area contributed by atoms with Crippen LogP contribution < -0.4 is 0 Å². The van der Waals surface area contributed by atoms with Crippen molar-refractivity contribution in [3.05, 3.63) is 0 Å². The van der Waals surface area contributed by atoms with Crippen molar-refractivity contribution in [2.45, 2.75) is 238 Å². The largest absolute Gasteiger partial charge is 0.0654 e. The third-order valence-electron chi connectivity index (χ3n) is 8.93. The summed E-state index contributed by atoms with van der Waals surface area (Å²) in [5.74, 6) is 0. The lowest BCUT2D eigenvalue weighted by molar-refractivity contribution is 0.514. The molecule has 0 bridgehead atoms. The highest BCUT2D eigenvalue weighted by molar-refractivity contribution is 7.17. The molecule has 0 aliphatic carbocycles. The van der Waals surface area contributed by atoms with E-state index in [-0.39, 0.29) is 0 Å². The van der Waals surface area contributed by atoms with Crippen molar-refractivity contribution in [1.29, 1.82) is 0 Å².